The summed E-state index contributed by atoms with van der Waals surface area (Å²) >= 11 is 5.82. The highest BCUT2D eigenvalue weighted by Gasteiger charge is 2.32. The maximum atomic E-state index is 14.4. The third kappa shape index (κ3) is 3.94. The van der Waals surface area contributed by atoms with Gasteiger partial charge in [0.05, 0.1) is 0 Å². The van der Waals surface area contributed by atoms with Crippen LogP contribution in [0.4, 0.5) is 4.39 Å². The quantitative estimate of drug-likeness (QED) is 0.891. The summed E-state index contributed by atoms with van der Waals surface area (Å²) in [5, 5.41) is 0.573. The van der Waals surface area contributed by atoms with E-state index in [-0.39, 0.29) is 17.7 Å². The highest BCUT2D eigenvalue weighted by atomic mass is 35.5. The Morgan fingerprint density at radius 1 is 1.32 bits per heavy atom. The zero-order valence-corrected chi connectivity index (χ0v) is 14.7. The first-order chi connectivity index (χ1) is 12.0. The molecule has 0 aliphatic carbocycles. The van der Waals surface area contributed by atoms with E-state index in [9.17, 15) is 9.18 Å². The molecule has 2 atom stereocenters. The van der Waals surface area contributed by atoms with E-state index < -0.39 is 5.82 Å². The van der Waals surface area contributed by atoms with Gasteiger partial charge in [-0.1, -0.05) is 11.6 Å². The van der Waals surface area contributed by atoms with Crippen molar-refractivity contribution in [2.45, 2.75) is 19.4 Å². The number of amides is 1. The summed E-state index contributed by atoms with van der Waals surface area (Å²) in [7, 11) is 0. The van der Waals surface area contributed by atoms with E-state index in [1.807, 2.05) is 6.92 Å². The molecule has 0 bridgehead atoms. The summed E-state index contributed by atoms with van der Waals surface area (Å²) in [6, 6.07) is 11.0. The van der Waals surface area contributed by atoms with Crippen molar-refractivity contribution in [3.05, 3.63) is 58.9 Å². The van der Waals surface area contributed by atoms with Gasteiger partial charge in [-0.15, -0.1) is 0 Å². The van der Waals surface area contributed by atoms with Crippen LogP contribution in [-0.2, 0) is 0 Å². The molecule has 0 aromatic heterocycles. The first-order valence-electron chi connectivity index (χ1n) is 8.22. The smallest absolute Gasteiger partial charge is 0.254 e. The van der Waals surface area contributed by atoms with Crippen LogP contribution in [0.15, 0.2) is 42.5 Å². The molecule has 2 N–H and O–H groups in total. The minimum absolute atomic E-state index is 0.0631. The fourth-order valence-electron chi connectivity index (χ4n) is 3.11. The predicted molar refractivity (Wildman–Crippen MR) is 95.6 cm³/mol. The SMILES string of the molecule is CC1CC(CN)CN1C(=O)c1ccc(Oc2ccc(Cl)cc2)c(F)c1. The number of ether oxygens (including phenoxy) is 1. The molecular weight excluding hydrogens is 343 g/mol. The molecule has 0 spiro atoms. The molecule has 1 aliphatic heterocycles. The Labute approximate surface area is 151 Å². The van der Waals surface area contributed by atoms with Crippen molar-refractivity contribution in [2.24, 2.45) is 11.7 Å². The lowest BCUT2D eigenvalue weighted by molar-refractivity contribution is 0.0743. The summed E-state index contributed by atoms with van der Waals surface area (Å²) in [6.45, 7) is 3.15. The fraction of sp³-hybridized carbons (Fsp3) is 0.316. The molecule has 1 heterocycles. The standard InChI is InChI=1S/C19H20ClFN2O2/c1-12-8-13(10-22)11-23(12)19(24)14-2-7-18(17(21)9-14)25-16-5-3-15(20)4-6-16/h2-7,9,12-13H,8,10-11,22H2,1H3. The Morgan fingerprint density at radius 3 is 2.64 bits per heavy atom. The first-order valence-corrected chi connectivity index (χ1v) is 8.59. The van der Waals surface area contributed by atoms with Crippen molar-refractivity contribution in [1.29, 1.82) is 0 Å². The van der Waals surface area contributed by atoms with Crippen LogP contribution in [0.5, 0.6) is 11.5 Å². The van der Waals surface area contributed by atoms with Gasteiger partial charge in [0.2, 0.25) is 0 Å². The van der Waals surface area contributed by atoms with Crippen LogP contribution < -0.4 is 10.5 Å². The minimum atomic E-state index is -0.581. The van der Waals surface area contributed by atoms with Crippen LogP contribution in [0, 0.1) is 11.7 Å². The predicted octanol–water partition coefficient (Wildman–Crippen LogP) is 4.08. The molecule has 2 unspecified atom stereocenters. The highest BCUT2D eigenvalue weighted by Crippen LogP contribution is 2.28. The Hall–Kier alpha value is -2.11. The molecule has 6 heteroatoms. The maximum Gasteiger partial charge on any atom is 0.254 e. The molecule has 1 aliphatic rings. The van der Waals surface area contributed by atoms with E-state index in [1.165, 1.54) is 12.1 Å². The molecule has 3 rings (SSSR count). The van der Waals surface area contributed by atoms with E-state index in [1.54, 1.807) is 35.2 Å². The van der Waals surface area contributed by atoms with Gasteiger partial charge in [-0.25, -0.2) is 4.39 Å². The number of hydrogen-bond acceptors (Lipinski definition) is 3. The number of nitrogens with two attached hydrogens (primary N) is 1. The van der Waals surface area contributed by atoms with Gasteiger partial charge in [0, 0.05) is 23.2 Å². The normalized spacial score (nSPS) is 19.9. The number of benzene rings is 2. The van der Waals surface area contributed by atoms with Crippen molar-refractivity contribution in [1.82, 2.24) is 4.90 Å². The Bertz CT molecular complexity index is 767. The second-order valence-corrected chi connectivity index (χ2v) is 6.78. The molecule has 25 heavy (non-hydrogen) atoms. The number of nitrogens with zero attached hydrogens (tertiary/aromatic N) is 1. The Morgan fingerprint density at radius 2 is 2.04 bits per heavy atom. The molecule has 132 valence electrons. The van der Waals surface area contributed by atoms with Crippen LogP contribution in [0.1, 0.15) is 23.7 Å². The van der Waals surface area contributed by atoms with Crippen LogP contribution in [-0.4, -0.2) is 29.9 Å². The number of carbonyl (C=O) groups is 1. The average molecular weight is 363 g/mol. The van der Waals surface area contributed by atoms with Gasteiger partial charge in [0.15, 0.2) is 11.6 Å². The van der Waals surface area contributed by atoms with E-state index in [0.29, 0.717) is 35.3 Å². The molecule has 2 aromatic rings. The van der Waals surface area contributed by atoms with Crippen LogP contribution >= 0.6 is 11.6 Å². The summed E-state index contributed by atoms with van der Waals surface area (Å²) in [5.74, 6) is 0.0780. The lowest BCUT2D eigenvalue weighted by atomic mass is 10.1. The van der Waals surface area contributed by atoms with Crippen LogP contribution in [0.25, 0.3) is 0 Å². The Balaban J connectivity index is 1.75. The third-order valence-electron chi connectivity index (χ3n) is 4.48. The largest absolute Gasteiger partial charge is 0.454 e. The van der Waals surface area contributed by atoms with E-state index in [4.69, 9.17) is 22.1 Å². The van der Waals surface area contributed by atoms with Crippen molar-refractivity contribution in [3.8, 4) is 11.5 Å². The molecule has 4 nitrogen and oxygen atoms in total. The maximum absolute atomic E-state index is 14.4. The number of rotatable bonds is 4. The molecule has 1 saturated heterocycles. The first kappa shape index (κ1) is 17.7. The summed E-state index contributed by atoms with van der Waals surface area (Å²) < 4.78 is 19.9. The van der Waals surface area contributed by atoms with Gasteiger partial charge >= 0.3 is 0 Å². The minimum Gasteiger partial charge on any atom is -0.454 e. The van der Waals surface area contributed by atoms with Gasteiger partial charge < -0.3 is 15.4 Å². The second kappa shape index (κ2) is 7.42. The van der Waals surface area contributed by atoms with Gasteiger partial charge in [0.1, 0.15) is 5.75 Å². The van der Waals surface area contributed by atoms with Crippen molar-refractivity contribution < 1.29 is 13.9 Å². The summed E-state index contributed by atoms with van der Waals surface area (Å²) in [6.07, 6.45) is 0.877. The van der Waals surface area contributed by atoms with Crippen LogP contribution in [0.2, 0.25) is 5.02 Å². The number of halogens is 2. The monoisotopic (exact) mass is 362 g/mol. The van der Waals surface area contributed by atoms with Gasteiger partial charge in [-0.3, -0.25) is 4.79 Å². The molecule has 1 fully saturated rings. The number of hydrogen-bond donors (Lipinski definition) is 1. The van der Waals surface area contributed by atoms with E-state index in [0.717, 1.165) is 6.42 Å². The molecule has 2 aromatic carbocycles. The van der Waals surface area contributed by atoms with E-state index >= 15 is 0 Å². The van der Waals surface area contributed by atoms with Gasteiger partial charge in [0.25, 0.3) is 5.91 Å². The highest BCUT2D eigenvalue weighted by molar-refractivity contribution is 6.30. The number of carbonyl (C=O) groups excluding carboxylic acids is 1. The topological polar surface area (TPSA) is 55.6 Å². The zero-order valence-electron chi connectivity index (χ0n) is 13.9. The fourth-order valence-corrected chi connectivity index (χ4v) is 3.23. The van der Waals surface area contributed by atoms with Gasteiger partial charge in [-0.05, 0) is 68.3 Å². The summed E-state index contributed by atoms with van der Waals surface area (Å²) in [4.78, 5) is 14.4. The van der Waals surface area contributed by atoms with Crippen molar-refractivity contribution in [3.63, 3.8) is 0 Å². The lowest BCUT2D eigenvalue weighted by Crippen LogP contribution is -2.34. The molecule has 1 amide bonds. The average Bonchev–Trinajstić information content (AvgIpc) is 2.99. The molecule has 0 saturated carbocycles. The number of likely N-dealkylation sites (tertiary alicyclic amines) is 1. The van der Waals surface area contributed by atoms with Crippen molar-refractivity contribution in [2.75, 3.05) is 13.1 Å². The van der Waals surface area contributed by atoms with E-state index in [2.05, 4.69) is 0 Å². The third-order valence-corrected chi connectivity index (χ3v) is 4.73. The zero-order chi connectivity index (χ0) is 18.0. The van der Waals surface area contributed by atoms with Crippen molar-refractivity contribution >= 4 is 17.5 Å². The summed E-state index contributed by atoms with van der Waals surface area (Å²) in [5.41, 5.74) is 6.01. The second-order valence-electron chi connectivity index (χ2n) is 6.35. The molecule has 0 radical (unpaired) electrons. The lowest BCUT2D eigenvalue weighted by Gasteiger charge is -2.21. The molecular formula is C19H20ClFN2O2. The van der Waals surface area contributed by atoms with Gasteiger partial charge in [-0.2, -0.15) is 0 Å². The Kier molecular flexibility index (Phi) is 5.25. The van der Waals surface area contributed by atoms with Crippen LogP contribution in [0.3, 0.4) is 0 Å².